The molecule has 2 aromatic heterocycles. The Morgan fingerprint density at radius 3 is 3.00 bits per heavy atom. The molecule has 2 N–H and O–H groups in total. The molecule has 0 unspecified atom stereocenters. The Hall–Kier alpha value is -1.98. The lowest BCUT2D eigenvalue weighted by Gasteiger charge is -2.01. The quantitative estimate of drug-likeness (QED) is 0.803. The molecule has 0 amide bonds. The van der Waals surface area contributed by atoms with E-state index < -0.39 is 0 Å². The number of Topliss-reactive ketones (excluding diaryl/α,β-unsaturated/α-hetero) is 1. The number of ketones is 1. The lowest BCUT2D eigenvalue weighted by atomic mass is 10.2. The Labute approximate surface area is 91.5 Å². The zero-order valence-electron chi connectivity index (χ0n) is 8.63. The van der Waals surface area contributed by atoms with Crippen molar-refractivity contribution >= 4 is 22.8 Å². The van der Waals surface area contributed by atoms with E-state index in [1.165, 1.54) is 6.33 Å². The summed E-state index contributed by atoms with van der Waals surface area (Å²) in [5.74, 6) is 0.843. The largest absolute Gasteiger partial charge is 0.382 e. The van der Waals surface area contributed by atoms with Crippen LogP contribution in [0.2, 0.25) is 0 Å². The molecule has 0 bridgehead atoms. The van der Waals surface area contributed by atoms with Crippen molar-refractivity contribution in [2.75, 3.05) is 5.73 Å². The monoisotopic (exact) mass is 217 g/mol. The van der Waals surface area contributed by atoms with E-state index in [0.29, 0.717) is 23.5 Å². The Bertz CT molecular complexity index is 557. The first-order chi connectivity index (χ1) is 7.75. The molecule has 6 nitrogen and oxygen atoms in total. The molecular weight excluding hydrogens is 206 g/mol. The first-order valence-electron chi connectivity index (χ1n) is 5.19. The van der Waals surface area contributed by atoms with Crippen molar-refractivity contribution in [3.63, 3.8) is 0 Å². The minimum Gasteiger partial charge on any atom is -0.382 e. The van der Waals surface area contributed by atoms with Gasteiger partial charge in [-0.3, -0.25) is 4.79 Å². The van der Waals surface area contributed by atoms with Gasteiger partial charge in [0.1, 0.15) is 11.8 Å². The van der Waals surface area contributed by atoms with Gasteiger partial charge in [0.2, 0.25) is 0 Å². The van der Waals surface area contributed by atoms with Gasteiger partial charge in [-0.15, -0.1) is 0 Å². The van der Waals surface area contributed by atoms with Crippen molar-refractivity contribution in [2.45, 2.75) is 19.4 Å². The van der Waals surface area contributed by atoms with Gasteiger partial charge in [0.25, 0.3) is 0 Å². The Morgan fingerprint density at radius 1 is 1.44 bits per heavy atom. The van der Waals surface area contributed by atoms with Crippen LogP contribution in [-0.4, -0.2) is 25.3 Å². The molecule has 1 aliphatic carbocycles. The number of carbonyl (C=O) groups is 1. The number of rotatable bonds is 3. The number of hydrogen-bond acceptors (Lipinski definition) is 5. The second-order valence-electron chi connectivity index (χ2n) is 4.04. The molecule has 0 radical (unpaired) electrons. The molecule has 6 heteroatoms. The highest BCUT2D eigenvalue weighted by molar-refractivity contribution is 5.86. The predicted molar refractivity (Wildman–Crippen MR) is 57.5 cm³/mol. The molecule has 0 spiro atoms. The van der Waals surface area contributed by atoms with Gasteiger partial charge in [0, 0.05) is 5.92 Å². The topological polar surface area (TPSA) is 86.7 Å². The third-order valence-electron chi connectivity index (χ3n) is 2.79. The number of anilines is 1. The summed E-state index contributed by atoms with van der Waals surface area (Å²) in [4.78, 5) is 23.7. The summed E-state index contributed by atoms with van der Waals surface area (Å²) in [6, 6.07) is 0. The molecular formula is C10H11N5O. The predicted octanol–water partition coefficient (Wildman–Crippen LogP) is 0.388. The number of nitrogens with zero attached hydrogens (tertiary/aromatic N) is 4. The van der Waals surface area contributed by atoms with E-state index in [0.717, 1.165) is 12.8 Å². The minimum absolute atomic E-state index is 0.247. The fourth-order valence-electron chi connectivity index (χ4n) is 1.72. The molecule has 82 valence electrons. The number of hydrogen-bond donors (Lipinski definition) is 1. The van der Waals surface area contributed by atoms with Crippen LogP contribution in [0.5, 0.6) is 0 Å². The number of aromatic nitrogens is 4. The zero-order valence-corrected chi connectivity index (χ0v) is 8.63. The van der Waals surface area contributed by atoms with Crippen LogP contribution >= 0.6 is 0 Å². The fourth-order valence-corrected chi connectivity index (χ4v) is 1.72. The van der Waals surface area contributed by atoms with E-state index in [2.05, 4.69) is 15.0 Å². The zero-order chi connectivity index (χ0) is 11.1. The Balaban J connectivity index is 1.97. The van der Waals surface area contributed by atoms with Crippen molar-refractivity contribution < 1.29 is 4.79 Å². The molecule has 1 fully saturated rings. The third-order valence-corrected chi connectivity index (χ3v) is 2.79. The highest BCUT2D eigenvalue weighted by Gasteiger charge is 2.29. The molecule has 0 atom stereocenters. The average molecular weight is 217 g/mol. The molecule has 1 aliphatic rings. The van der Waals surface area contributed by atoms with Crippen LogP contribution in [0.15, 0.2) is 12.7 Å². The van der Waals surface area contributed by atoms with E-state index in [1.54, 1.807) is 10.9 Å². The highest BCUT2D eigenvalue weighted by Crippen LogP contribution is 2.30. The van der Waals surface area contributed by atoms with Crippen molar-refractivity contribution in [3.8, 4) is 0 Å². The molecule has 1 saturated carbocycles. The summed E-state index contributed by atoms with van der Waals surface area (Å²) in [6.07, 6.45) is 5.01. The first kappa shape index (κ1) is 9.26. The highest BCUT2D eigenvalue weighted by atomic mass is 16.1. The first-order valence-corrected chi connectivity index (χ1v) is 5.19. The van der Waals surface area contributed by atoms with E-state index in [4.69, 9.17) is 5.73 Å². The van der Waals surface area contributed by atoms with Crippen LogP contribution in [0.25, 0.3) is 11.2 Å². The van der Waals surface area contributed by atoms with Crippen LogP contribution in [0.3, 0.4) is 0 Å². The maximum absolute atomic E-state index is 11.7. The van der Waals surface area contributed by atoms with Crippen LogP contribution in [0.1, 0.15) is 12.8 Å². The van der Waals surface area contributed by atoms with Crippen molar-refractivity contribution in [1.29, 1.82) is 0 Å². The summed E-state index contributed by atoms with van der Waals surface area (Å²) >= 11 is 0. The molecule has 0 aromatic carbocycles. The maximum atomic E-state index is 11.7. The van der Waals surface area contributed by atoms with Gasteiger partial charge in [-0.1, -0.05) is 0 Å². The van der Waals surface area contributed by atoms with Gasteiger partial charge in [0.05, 0.1) is 12.9 Å². The van der Waals surface area contributed by atoms with Gasteiger partial charge >= 0.3 is 0 Å². The standard InChI is InChI=1S/C10H11N5O/c11-9-8-10(13-4-12-9)15(5-14-8)3-7(16)6-1-2-6/h4-6H,1-3H2,(H2,11,12,13). The van der Waals surface area contributed by atoms with Crippen LogP contribution in [0.4, 0.5) is 5.82 Å². The Kier molecular flexibility index (Phi) is 1.89. The summed E-state index contributed by atoms with van der Waals surface area (Å²) in [5, 5.41) is 0. The second kappa shape index (κ2) is 3.26. The van der Waals surface area contributed by atoms with Crippen LogP contribution < -0.4 is 5.73 Å². The number of nitrogens with two attached hydrogens (primary N) is 1. The normalized spacial score (nSPS) is 15.5. The molecule has 0 aliphatic heterocycles. The van der Waals surface area contributed by atoms with E-state index in [1.807, 2.05) is 0 Å². The number of nitrogen functional groups attached to an aromatic ring is 1. The summed E-state index contributed by atoms with van der Waals surface area (Å²) in [5.41, 5.74) is 6.85. The SMILES string of the molecule is Nc1ncnc2c1ncn2CC(=O)C1CC1. The third kappa shape index (κ3) is 1.42. The van der Waals surface area contributed by atoms with E-state index >= 15 is 0 Å². The van der Waals surface area contributed by atoms with Crippen molar-refractivity contribution in [2.24, 2.45) is 5.92 Å². The van der Waals surface area contributed by atoms with Gasteiger partial charge < -0.3 is 10.3 Å². The van der Waals surface area contributed by atoms with Crippen LogP contribution in [0, 0.1) is 5.92 Å². The Morgan fingerprint density at radius 2 is 2.25 bits per heavy atom. The second-order valence-corrected chi connectivity index (χ2v) is 4.04. The van der Waals surface area contributed by atoms with Crippen LogP contribution in [-0.2, 0) is 11.3 Å². The molecule has 2 aromatic rings. The van der Waals surface area contributed by atoms with Gasteiger partial charge in [-0.25, -0.2) is 15.0 Å². The lowest BCUT2D eigenvalue weighted by molar-refractivity contribution is -0.120. The van der Waals surface area contributed by atoms with Gasteiger partial charge in [-0.2, -0.15) is 0 Å². The number of imidazole rings is 1. The smallest absolute Gasteiger partial charge is 0.165 e. The minimum atomic E-state index is 0.247. The molecule has 16 heavy (non-hydrogen) atoms. The summed E-state index contributed by atoms with van der Waals surface area (Å²) in [6.45, 7) is 0.331. The van der Waals surface area contributed by atoms with Gasteiger partial charge in [-0.05, 0) is 12.8 Å². The fraction of sp³-hybridized carbons (Fsp3) is 0.400. The van der Waals surface area contributed by atoms with E-state index in [9.17, 15) is 4.79 Å². The molecule has 2 heterocycles. The average Bonchev–Trinajstić information content (AvgIpc) is 3.04. The van der Waals surface area contributed by atoms with Crippen molar-refractivity contribution in [1.82, 2.24) is 19.5 Å². The molecule has 3 rings (SSSR count). The maximum Gasteiger partial charge on any atom is 0.165 e. The van der Waals surface area contributed by atoms with Crippen molar-refractivity contribution in [3.05, 3.63) is 12.7 Å². The summed E-state index contributed by atoms with van der Waals surface area (Å²) in [7, 11) is 0. The lowest BCUT2D eigenvalue weighted by Crippen LogP contribution is -2.11. The number of carbonyl (C=O) groups excluding carboxylic acids is 1. The van der Waals surface area contributed by atoms with Gasteiger partial charge in [0.15, 0.2) is 17.2 Å². The molecule has 0 saturated heterocycles. The summed E-state index contributed by atoms with van der Waals surface area (Å²) < 4.78 is 1.73. The van der Waals surface area contributed by atoms with E-state index in [-0.39, 0.29) is 11.7 Å². The number of fused-ring (bicyclic) bond motifs is 1.